The van der Waals surface area contributed by atoms with Gasteiger partial charge in [0.1, 0.15) is 12.2 Å². The van der Waals surface area contributed by atoms with E-state index in [4.69, 9.17) is 43.4 Å². The molecule has 2 saturated heterocycles. The first-order valence-electron chi connectivity index (χ1n) is 6.77. The van der Waals surface area contributed by atoms with Gasteiger partial charge in [-0.2, -0.15) is 0 Å². The van der Waals surface area contributed by atoms with Crippen LogP contribution in [-0.2, 0) is 18.9 Å². The number of ether oxygens (including phenoxy) is 4. The second kappa shape index (κ2) is 8.31. The topological polar surface area (TPSA) is 36.9 Å². The molecular formula is C13H20O4S4. The summed E-state index contributed by atoms with van der Waals surface area (Å²) < 4.78 is 23.6. The van der Waals surface area contributed by atoms with Crippen molar-refractivity contribution < 1.29 is 18.9 Å². The quantitative estimate of drug-likeness (QED) is 0.606. The molecule has 0 N–H and O–H groups in total. The Morgan fingerprint density at radius 3 is 1.76 bits per heavy atom. The lowest BCUT2D eigenvalue weighted by Crippen LogP contribution is -2.30. The zero-order valence-corrected chi connectivity index (χ0v) is 15.4. The van der Waals surface area contributed by atoms with E-state index < -0.39 is 0 Å². The summed E-state index contributed by atoms with van der Waals surface area (Å²) in [7, 11) is 0. The number of rotatable bonds is 8. The van der Waals surface area contributed by atoms with Crippen LogP contribution in [0.1, 0.15) is 13.8 Å². The zero-order valence-electron chi connectivity index (χ0n) is 12.2. The van der Waals surface area contributed by atoms with Gasteiger partial charge >= 0.3 is 0 Å². The van der Waals surface area contributed by atoms with Crippen LogP contribution in [-0.4, -0.2) is 58.9 Å². The highest BCUT2D eigenvalue weighted by Crippen LogP contribution is 2.23. The summed E-state index contributed by atoms with van der Waals surface area (Å²) in [5, 5.41) is 0. The number of hydrogen-bond acceptors (Lipinski definition) is 8. The maximum atomic E-state index is 5.74. The Labute approximate surface area is 145 Å². The fourth-order valence-electron chi connectivity index (χ4n) is 1.87. The van der Waals surface area contributed by atoms with Gasteiger partial charge in [0.2, 0.25) is 8.77 Å². The maximum Gasteiger partial charge on any atom is 0.220 e. The molecule has 2 aliphatic rings. The van der Waals surface area contributed by atoms with Gasteiger partial charge in [-0.25, -0.2) is 0 Å². The van der Waals surface area contributed by atoms with Crippen molar-refractivity contribution in [2.45, 2.75) is 26.1 Å². The molecule has 2 heterocycles. The van der Waals surface area contributed by atoms with Crippen molar-refractivity contribution in [1.82, 2.24) is 0 Å². The monoisotopic (exact) mass is 368 g/mol. The molecule has 0 amide bonds. The number of hydrogen-bond donors (Lipinski definition) is 0. The highest BCUT2D eigenvalue weighted by molar-refractivity contribution is 8.23. The fourth-order valence-corrected chi connectivity index (χ4v) is 3.93. The van der Waals surface area contributed by atoms with Crippen LogP contribution < -0.4 is 0 Å². The summed E-state index contributed by atoms with van der Waals surface area (Å²) in [5.41, 5.74) is -0.0431. The van der Waals surface area contributed by atoms with Crippen LogP contribution in [0, 0.1) is 5.41 Å². The van der Waals surface area contributed by atoms with E-state index in [1.165, 1.54) is 0 Å². The van der Waals surface area contributed by atoms with Crippen LogP contribution in [0.25, 0.3) is 0 Å². The summed E-state index contributed by atoms with van der Waals surface area (Å²) in [5.74, 6) is 1.76. The Balaban J connectivity index is 1.56. The van der Waals surface area contributed by atoms with Crippen LogP contribution in [0.3, 0.4) is 0 Å². The average Bonchev–Trinajstić information content (AvgIpc) is 2.98. The van der Waals surface area contributed by atoms with Crippen molar-refractivity contribution >= 4 is 56.7 Å². The summed E-state index contributed by atoms with van der Waals surface area (Å²) in [6, 6.07) is 0. The molecule has 4 nitrogen and oxygen atoms in total. The van der Waals surface area contributed by atoms with Gasteiger partial charge in [0.05, 0.1) is 26.4 Å². The molecule has 2 rings (SSSR count). The van der Waals surface area contributed by atoms with Crippen molar-refractivity contribution in [2.75, 3.05) is 37.9 Å². The SMILES string of the molecule is CC(C)(COCC1CSC(=S)O1)COCC1CSC(=S)O1. The molecule has 0 aliphatic carbocycles. The van der Waals surface area contributed by atoms with Gasteiger partial charge in [-0.3, -0.25) is 0 Å². The van der Waals surface area contributed by atoms with Gasteiger partial charge in [0, 0.05) is 16.9 Å². The minimum atomic E-state index is -0.0431. The summed E-state index contributed by atoms with van der Waals surface area (Å²) in [4.78, 5) is 0. The lowest BCUT2D eigenvalue weighted by molar-refractivity contribution is -0.0336. The average molecular weight is 369 g/mol. The Morgan fingerprint density at radius 1 is 1.00 bits per heavy atom. The molecule has 0 spiro atoms. The standard InChI is InChI=1S/C13H20O4S4/c1-13(2,7-14-3-9-5-20-11(18)16-9)8-15-4-10-6-21-12(19)17-10/h9-10H,3-8H2,1-2H3. The van der Waals surface area contributed by atoms with Crippen LogP contribution in [0.4, 0.5) is 0 Å². The van der Waals surface area contributed by atoms with Gasteiger partial charge in [-0.05, 0) is 24.4 Å². The van der Waals surface area contributed by atoms with Gasteiger partial charge in [0.15, 0.2) is 0 Å². The van der Waals surface area contributed by atoms with Crippen molar-refractivity contribution in [1.29, 1.82) is 0 Å². The smallest absolute Gasteiger partial charge is 0.220 e. The second-order valence-electron chi connectivity index (χ2n) is 5.80. The third kappa shape index (κ3) is 6.58. The lowest BCUT2D eigenvalue weighted by atomic mass is 9.96. The normalized spacial score (nSPS) is 26.0. The van der Waals surface area contributed by atoms with Crippen molar-refractivity contribution in [3.63, 3.8) is 0 Å². The molecular weight excluding hydrogens is 348 g/mol. The first-order chi connectivity index (χ1) is 9.94. The molecule has 21 heavy (non-hydrogen) atoms. The predicted octanol–water partition coefficient (Wildman–Crippen LogP) is 2.88. The van der Waals surface area contributed by atoms with E-state index in [-0.39, 0.29) is 17.6 Å². The molecule has 2 unspecified atom stereocenters. The summed E-state index contributed by atoms with van der Waals surface area (Å²) in [6.07, 6.45) is 0.174. The van der Waals surface area contributed by atoms with E-state index in [9.17, 15) is 0 Å². The molecule has 120 valence electrons. The molecule has 0 aromatic heterocycles. The zero-order chi connectivity index (χ0) is 15.3. The van der Waals surface area contributed by atoms with Crippen molar-refractivity contribution in [3.05, 3.63) is 0 Å². The van der Waals surface area contributed by atoms with E-state index in [1.807, 2.05) is 0 Å². The van der Waals surface area contributed by atoms with E-state index >= 15 is 0 Å². The Kier molecular flexibility index (Phi) is 7.02. The second-order valence-corrected chi connectivity index (χ2v) is 9.04. The predicted molar refractivity (Wildman–Crippen MR) is 95.3 cm³/mol. The largest absolute Gasteiger partial charge is 0.472 e. The highest BCUT2D eigenvalue weighted by Gasteiger charge is 2.26. The third-order valence-corrected chi connectivity index (χ3v) is 5.53. The van der Waals surface area contributed by atoms with E-state index in [2.05, 4.69) is 13.8 Å². The van der Waals surface area contributed by atoms with Crippen molar-refractivity contribution in [2.24, 2.45) is 5.41 Å². The van der Waals surface area contributed by atoms with Crippen LogP contribution in [0.15, 0.2) is 0 Å². The van der Waals surface area contributed by atoms with E-state index in [0.717, 1.165) is 11.5 Å². The van der Waals surface area contributed by atoms with Gasteiger partial charge < -0.3 is 18.9 Å². The third-order valence-electron chi connectivity index (χ3n) is 2.89. The molecule has 0 aromatic rings. The molecule has 2 fully saturated rings. The maximum absolute atomic E-state index is 5.74. The Morgan fingerprint density at radius 2 is 1.43 bits per heavy atom. The minimum absolute atomic E-state index is 0.0431. The van der Waals surface area contributed by atoms with Crippen LogP contribution in [0.2, 0.25) is 0 Å². The summed E-state index contributed by atoms with van der Waals surface area (Å²) in [6.45, 7) is 6.65. The first-order valence-corrected chi connectivity index (χ1v) is 9.56. The Hall–Kier alpha value is 0.400. The molecule has 8 heteroatoms. The van der Waals surface area contributed by atoms with Gasteiger partial charge in [-0.1, -0.05) is 37.4 Å². The van der Waals surface area contributed by atoms with Gasteiger partial charge in [-0.15, -0.1) is 0 Å². The van der Waals surface area contributed by atoms with Crippen molar-refractivity contribution in [3.8, 4) is 0 Å². The molecule has 0 saturated carbocycles. The van der Waals surface area contributed by atoms with E-state index in [0.29, 0.717) is 35.2 Å². The molecule has 0 bridgehead atoms. The minimum Gasteiger partial charge on any atom is -0.472 e. The Bertz CT molecular complexity index is 354. The highest BCUT2D eigenvalue weighted by atomic mass is 32.2. The molecule has 2 atom stereocenters. The first kappa shape index (κ1) is 17.7. The molecule has 0 radical (unpaired) electrons. The number of thiocarbonyl (C=S) groups is 2. The number of thioether (sulfide) groups is 2. The molecule has 0 aromatic carbocycles. The fraction of sp³-hybridized carbons (Fsp3) is 0.846. The van der Waals surface area contributed by atoms with E-state index in [1.54, 1.807) is 23.5 Å². The van der Waals surface area contributed by atoms with Gasteiger partial charge in [0.25, 0.3) is 0 Å². The lowest BCUT2D eigenvalue weighted by Gasteiger charge is -2.25. The molecule has 2 aliphatic heterocycles. The van der Waals surface area contributed by atoms with Crippen LogP contribution >= 0.6 is 48.0 Å². The van der Waals surface area contributed by atoms with Crippen LogP contribution in [0.5, 0.6) is 0 Å². The summed E-state index contributed by atoms with van der Waals surface area (Å²) >= 11 is 13.1.